The number of nitrogens with two attached hydrogens (primary N) is 1. The number of aliphatic hydroxyl groups is 1. The molecule has 6 N–H and O–H groups in total. The number of hydrogen-bond donors (Lipinski definition) is 5. The molecule has 2 aromatic rings. The fraction of sp³-hybridized carbons (Fsp3) is 0.647. The molecule has 0 radical (unpaired) electrons. The maximum Gasteiger partial charge on any atom is 0.388 e. The van der Waals surface area contributed by atoms with Gasteiger partial charge in [-0.15, -0.1) is 0 Å². The number of H-pyrrole nitrogens is 1. The van der Waals surface area contributed by atoms with Gasteiger partial charge in [-0.25, -0.2) is 9.78 Å². The molecule has 30 heavy (non-hydrogen) atoms. The van der Waals surface area contributed by atoms with Crippen LogP contribution in [0.3, 0.4) is 0 Å². The van der Waals surface area contributed by atoms with Crippen LogP contribution in [0.1, 0.15) is 40.5 Å². The maximum atomic E-state index is 11.7. The van der Waals surface area contributed by atoms with Crippen LogP contribution in [0.25, 0.3) is 11.2 Å². The van der Waals surface area contributed by atoms with Gasteiger partial charge in [0.05, 0.1) is 25.6 Å². The van der Waals surface area contributed by atoms with E-state index in [1.807, 2.05) is 27.7 Å². The van der Waals surface area contributed by atoms with Crippen LogP contribution < -0.4 is 11.3 Å². The molecule has 0 spiro atoms. The molecule has 12 nitrogen and oxygen atoms in total. The summed E-state index contributed by atoms with van der Waals surface area (Å²) in [5.41, 5.74) is 3.71. The summed E-state index contributed by atoms with van der Waals surface area (Å²) in [6.07, 6.45) is 0.958. The first-order chi connectivity index (χ1) is 14.2. The minimum Gasteiger partial charge on any atom is -0.474 e. The second-order valence-corrected chi connectivity index (χ2v) is 7.84. The minimum atomic E-state index is -4.17. The number of aromatic amines is 1. The number of ether oxygens (including phenoxy) is 1. The molecule has 0 bridgehead atoms. The number of fused-ring (bicyclic) bond motifs is 1. The largest absolute Gasteiger partial charge is 0.474 e. The van der Waals surface area contributed by atoms with Crippen molar-refractivity contribution in [3.8, 4) is 0 Å². The number of nitrogens with zero attached hydrogens (tertiary/aromatic N) is 3. The molecular weight excluding hydrogens is 417 g/mol. The van der Waals surface area contributed by atoms with E-state index in [0.29, 0.717) is 6.42 Å². The SMILES string of the molecule is CC.CC.Nc1nc2c(ncn2CC(CO)OCCCCP(=O)(O)C(=O)O)c(=O)[nH]1. The zero-order valence-electron chi connectivity index (χ0n) is 17.7. The Morgan fingerprint density at radius 1 is 1.33 bits per heavy atom. The highest BCUT2D eigenvalue weighted by Crippen LogP contribution is 2.41. The lowest BCUT2D eigenvalue weighted by atomic mass is 10.3. The number of carboxylic acid groups (broad SMARTS) is 1. The molecule has 0 aliphatic rings. The average Bonchev–Trinajstić information content (AvgIpc) is 3.12. The van der Waals surface area contributed by atoms with Gasteiger partial charge in [0.2, 0.25) is 5.95 Å². The molecule has 2 unspecified atom stereocenters. The molecule has 0 saturated carbocycles. The molecule has 0 aromatic carbocycles. The molecule has 172 valence electrons. The third-order valence-electron chi connectivity index (χ3n) is 3.61. The van der Waals surface area contributed by atoms with Crippen LogP contribution in [0, 0.1) is 0 Å². The number of nitrogens with one attached hydrogen (secondary N) is 1. The number of aromatic nitrogens is 4. The standard InChI is InChI=1S/C13H20N5O7P.2C2H6/c14-12-16-10-9(11(20)17-12)15-7-18(10)5-8(6-19)25-3-1-2-4-26(23,24)13(21)22;2*1-2/h7-8,19H,1-6H2,(H,21,22)(H,23,24)(H3,14,16,17,20);2*1-2H3. The van der Waals surface area contributed by atoms with Crippen molar-refractivity contribution in [2.24, 2.45) is 0 Å². The van der Waals surface area contributed by atoms with Gasteiger partial charge in [0.1, 0.15) is 0 Å². The molecule has 0 aliphatic carbocycles. The molecule has 2 aromatic heterocycles. The molecule has 0 fully saturated rings. The number of imidazole rings is 1. The lowest BCUT2D eigenvalue weighted by Gasteiger charge is -2.16. The van der Waals surface area contributed by atoms with Gasteiger partial charge in [0.25, 0.3) is 5.56 Å². The molecule has 0 saturated heterocycles. The van der Waals surface area contributed by atoms with E-state index in [1.54, 1.807) is 0 Å². The fourth-order valence-electron chi connectivity index (χ4n) is 2.26. The van der Waals surface area contributed by atoms with Gasteiger partial charge in [-0.05, 0) is 12.8 Å². The third-order valence-corrected chi connectivity index (χ3v) is 5.13. The first kappa shape index (κ1) is 27.7. The zero-order chi connectivity index (χ0) is 23.3. The second-order valence-electron chi connectivity index (χ2n) is 5.61. The highest BCUT2D eigenvalue weighted by Gasteiger charge is 2.27. The minimum absolute atomic E-state index is 0.0578. The number of anilines is 1. The normalized spacial score (nSPS) is 13.4. The predicted octanol–water partition coefficient (Wildman–Crippen LogP) is 1.86. The molecule has 0 amide bonds. The van der Waals surface area contributed by atoms with Crippen molar-refractivity contribution < 1.29 is 29.2 Å². The van der Waals surface area contributed by atoms with Crippen molar-refractivity contribution in [3.05, 3.63) is 16.7 Å². The third kappa shape index (κ3) is 8.23. The smallest absolute Gasteiger partial charge is 0.388 e. The van der Waals surface area contributed by atoms with Crippen molar-refractivity contribution in [1.29, 1.82) is 0 Å². The van der Waals surface area contributed by atoms with Gasteiger partial charge < -0.3 is 30.1 Å². The van der Waals surface area contributed by atoms with Gasteiger partial charge in [-0.2, -0.15) is 4.98 Å². The van der Waals surface area contributed by atoms with Crippen molar-refractivity contribution >= 4 is 30.2 Å². The van der Waals surface area contributed by atoms with Crippen molar-refractivity contribution in [3.63, 3.8) is 0 Å². The van der Waals surface area contributed by atoms with Gasteiger partial charge in [-0.3, -0.25) is 14.3 Å². The van der Waals surface area contributed by atoms with Crippen LogP contribution in [-0.2, 0) is 15.8 Å². The molecule has 2 rings (SSSR count). The van der Waals surface area contributed by atoms with E-state index in [9.17, 15) is 24.2 Å². The Hall–Kier alpha value is -2.27. The summed E-state index contributed by atoms with van der Waals surface area (Å²) < 4.78 is 18.3. The first-order valence-corrected chi connectivity index (χ1v) is 11.6. The van der Waals surface area contributed by atoms with E-state index in [0.717, 1.165) is 0 Å². The number of unbranched alkanes of at least 4 members (excludes halogenated alkanes) is 1. The number of aliphatic hydroxyl groups excluding tert-OH is 1. The topological polar surface area (TPSA) is 194 Å². The number of carbonyl (C=O) groups is 1. The summed E-state index contributed by atoms with van der Waals surface area (Å²) in [7, 11) is -4.17. The maximum absolute atomic E-state index is 11.7. The Bertz CT molecular complexity index is 883. The first-order valence-electron chi connectivity index (χ1n) is 9.73. The lowest BCUT2D eigenvalue weighted by molar-refractivity contribution is 0.00237. The molecule has 2 heterocycles. The summed E-state index contributed by atoms with van der Waals surface area (Å²) >= 11 is 0. The van der Waals surface area contributed by atoms with E-state index in [-0.39, 0.29) is 49.5 Å². The molecule has 0 aliphatic heterocycles. The Morgan fingerprint density at radius 2 is 1.97 bits per heavy atom. The van der Waals surface area contributed by atoms with Gasteiger partial charge in [0.15, 0.2) is 11.2 Å². The van der Waals surface area contributed by atoms with Crippen LogP contribution in [0.4, 0.5) is 10.7 Å². The summed E-state index contributed by atoms with van der Waals surface area (Å²) in [6, 6.07) is 0. The highest BCUT2D eigenvalue weighted by molar-refractivity contribution is 7.74. The summed E-state index contributed by atoms with van der Waals surface area (Å²) in [6.45, 7) is 8.01. The van der Waals surface area contributed by atoms with Crippen molar-refractivity contribution in [1.82, 2.24) is 19.5 Å². The lowest BCUT2D eigenvalue weighted by Crippen LogP contribution is -2.25. The number of hydrogen-bond acceptors (Lipinski definition) is 8. The Labute approximate surface area is 174 Å². The summed E-state index contributed by atoms with van der Waals surface area (Å²) in [5.74, 6) is -0.0578. The Kier molecular flexibility index (Phi) is 12.8. The van der Waals surface area contributed by atoms with E-state index in [4.69, 9.17) is 15.6 Å². The van der Waals surface area contributed by atoms with Gasteiger partial charge in [0, 0.05) is 12.8 Å². The fourth-order valence-corrected chi connectivity index (χ4v) is 3.10. The zero-order valence-corrected chi connectivity index (χ0v) is 18.6. The average molecular weight is 449 g/mol. The Balaban J connectivity index is 0.00000198. The molecular formula is C17H32N5O7P. The Morgan fingerprint density at radius 3 is 2.53 bits per heavy atom. The summed E-state index contributed by atoms with van der Waals surface area (Å²) in [5, 5.41) is 18.0. The van der Waals surface area contributed by atoms with Crippen molar-refractivity contribution in [2.75, 3.05) is 25.1 Å². The van der Waals surface area contributed by atoms with Gasteiger partial charge >= 0.3 is 13.1 Å². The molecule has 13 heteroatoms. The van der Waals surface area contributed by atoms with Gasteiger partial charge in [-0.1, -0.05) is 27.7 Å². The molecule has 2 atom stereocenters. The monoisotopic (exact) mass is 449 g/mol. The quantitative estimate of drug-likeness (QED) is 0.264. The second kappa shape index (κ2) is 13.9. The highest BCUT2D eigenvalue weighted by atomic mass is 31.2. The van der Waals surface area contributed by atoms with Crippen LogP contribution in [0.2, 0.25) is 0 Å². The van der Waals surface area contributed by atoms with Crippen molar-refractivity contribution in [2.45, 2.75) is 53.2 Å². The van der Waals surface area contributed by atoms with E-state index >= 15 is 0 Å². The van der Waals surface area contributed by atoms with Crippen LogP contribution in [-0.4, -0.2) is 65.8 Å². The number of rotatable bonds is 10. The van der Waals surface area contributed by atoms with Crippen LogP contribution >= 0.6 is 7.37 Å². The number of nitrogen functional groups attached to an aromatic ring is 1. The van der Waals surface area contributed by atoms with E-state index in [2.05, 4.69) is 15.0 Å². The summed E-state index contributed by atoms with van der Waals surface area (Å²) in [4.78, 5) is 41.7. The van der Waals surface area contributed by atoms with Crippen LogP contribution in [0.15, 0.2) is 11.1 Å². The van der Waals surface area contributed by atoms with Crippen LogP contribution in [0.5, 0.6) is 0 Å². The van der Waals surface area contributed by atoms with E-state index in [1.165, 1.54) is 10.9 Å². The predicted molar refractivity (Wildman–Crippen MR) is 114 cm³/mol. The van der Waals surface area contributed by atoms with E-state index < -0.39 is 24.7 Å².